The van der Waals surface area contributed by atoms with Crippen LogP contribution in [0, 0.1) is 5.92 Å². The Balaban J connectivity index is 1.93. The third kappa shape index (κ3) is 4.32. The van der Waals surface area contributed by atoms with E-state index in [1.54, 1.807) is 0 Å². The lowest BCUT2D eigenvalue weighted by Gasteiger charge is -2.32. The van der Waals surface area contributed by atoms with Crippen molar-refractivity contribution in [3.8, 4) is 0 Å². The van der Waals surface area contributed by atoms with Crippen molar-refractivity contribution in [1.29, 1.82) is 0 Å². The van der Waals surface area contributed by atoms with Gasteiger partial charge in [0.05, 0.1) is 6.61 Å². The van der Waals surface area contributed by atoms with Crippen LogP contribution in [0.1, 0.15) is 37.8 Å². The third-order valence-corrected chi connectivity index (χ3v) is 4.06. The van der Waals surface area contributed by atoms with Crippen LogP contribution in [0.2, 0.25) is 0 Å². The summed E-state index contributed by atoms with van der Waals surface area (Å²) in [6.45, 7) is 7.36. The molecule has 2 heteroatoms. The van der Waals surface area contributed by atoms with Gasteiger partial charge < -0.3 is 10.1 Å². The summed E-state index contributed by atoms with van der Waals surface area (Å²) in [5.74, 6) is 0.618. The zero-order valence-electron chi connectivity index (χ0n) is 12.3. The number of hydrogen-bond acceptors (Lipinski definition) is 2. The lowest BCUT2D eigenvalue weighted by atomic mass is 9.89. The van der Waals surface area contributed by atoms with E-state index >= 15 is 0 Å². The van der Waals surface area contributed by atoms with Crippen LogP contribution >= 0.6 is 0 Å². The van der Waals surface area contributed by atoms with Crippen molar-refractivity contribution >= 4 is 0 Å². The van der Waals surface area contributed by atoms with E-state index in [9.17, 15) is 0 Å². The molecule has 0 radical (unpaired) electrons. The molecule has 1 saturated heterocycles. The second-order valence-electron chi connectivity index (χ2n) is 5.56. The summed E-state index contributed by atoms with van der Waals surface area (Å²) >= 11 is 0. The molecule has 1 aromatic carbocycles. The minimum atomic E-state index is 0.618. The zero-order valence-corrected chi connectivity index (χ0v) is 12.3. The largest absolute Gasteiger partial charge is 0.381 e. The minimum Gasteiger partial charge on any atom is -0.381 e. The Morgan fingerprint density at radius 3 is 2.58 bits per heavy atom. The number of aryl methyl sites for hydroxylation is 1. The van der Waals surface area contributed by atoms with Crippen LogP contribution in [0.4, 0.5) is 0 Å². The van der Waals surface area contributed by atoms with Gasteiger partial charge in [-0.2, -0.15) is 0 Å². The van der Waals surface area contributed by atoms with Gasteiger partial charge >= 0.3 is 0 Å². The summed E-state index contributed by atoms with van der Waals surface area (Å²) in [7, 11) is 0. The first kappa shape index (κ1) is 14.5. The van der Waals surface area contributed by atoms with Crippen molar-refractivity contribution < 1.29 is 4.74 Å². The highest BCUT2D eigenvalue weighted by Gasteiger charge is 2.25. The number of hydrogen-bond donors (Lipinski definition) is 1. The standard InChI is InChI=1S/C17H27NO/c1-3-10-18-17-9-11-19-13-16(17)12-15-7-5-14(4-2)6-8-15/h5-8,16-18H,3-4,9-13H2,1-2H3. The maximum absolute atomic E-state index is 5.67. The summed E-state index contributed by atoms with van der Waals surface area (Å²) in [5.41, 5.74) is 2.86. The molecule has 2 unspecified atom stereocenters. The summed E-state index contributed by atoms with van der Waals surface area (Å²) in [6, 6.07) is 9.70. The van der Waals surface area contributed by atoms with Gasteiger partial charge in [-0.25, -0.2) is 0 Å². The van der Waals surface area contributed by atoms with Gasteiger partial charge in [0.25, 0.3) is 0 Å². The summed E-state index contributed by atoms with van der Waals surface area (Å²) in [6.07, 6.45) is 4.60. The molecule has 2 rings (SSSR count). The van der Waals surface area contributed by atoms with Crippen LogP contribution in [0.25, 0.3) is 0 Å². The van der Waals surface area contributed by atoms with Gasteiger partial charge in [-0.3, -0.25) is 0 Å². The molecular weight excluding hydrogens is 234 g/mol. The smallest absolute Gasteiger partial charge is 0.0512 e. The number of ether oxygens (including phenoxy) is 1. The average Bonchev–Trinajstić information content (AvgIpc) is 2.47. The van der Waals surface area contributed by atoms with Crippen molar-refractivity contribution in [2.75, 3.05) is 19.8 Å². The highest BCUT2D eigenvalue weighted by Crippen LogP contribution is 2.20. The molecule has 0 bridgehead atoms. The molecule has 0 aromatic heterocycles. The van der Waals surface area contributed by atoms with Crippen LogP contribution in [-0.2, 0) is 17.6 Å². The Hall–Kier alpha value is -0.860. The van der Waals surface area contributed by atoms with Crippen LogP contribution in [0.5, 0.6) is 0 Å². The summed E-state index contributed by atoms with van der Waals surface area (Å²) in [5, 5.41) is 3.68. The lowest BCUT2D eigenvalue weighted by molar-refractivity contribution is 0.0323. The Morgan fingerprint density at radius 2 is 1.89 bits per heavy atom. The van der Waals surface area contributed by atoms with E-state index in [1.165, 1.54) is 17.5 Å². The minimum absolute atomic E-state index is 0.618. The van der Waals surface area contributed by atoms with E-state index in [0.29, 0.717) is 12.0 Å². The number of benzene rings is 1. The Bertz CT molecular complexity index is 360. The average molecular weight is 261 g/mol. The van der Waals surface area contributed by atoms with Crippen molar-refractivity contribution in [2.24, 2.45) is 5.92 Å². The Kier molecular flexibility index (Phi) is 5.87. The molecule has 2 nitrogen and oxygen atoms in total. The summed E-state index contributed by atoms with van der Waals surface area (Å²) < 4.78 is 5.67. The molecule has 106 valence electrons. The van der Waals surface area contributed by atoms with Crippen molar-refractivity contribution in [2.45, 2.75) is 45.6 Å². The number of rotatable bonds is 6. The Morgan fingerprint density at radius 1 is 1.16 bits per heavy atom. The fourth-order valence-electron chi connectivity index (χ4n) is 2.81. The molecule has 0 saturated carbocycles. The van der Waals surface area contributed by atoms with Gasteiger partial charge in [0.15, 0.2) is 0 Å². The molecule has 0 amide bonds. The predicted molar refractivity (Wildman–Crippen MR) is 80.5 cm³/mol. The second kappa shape index (κ2) is 7.66. The molecule has 19 heavy (non-hydrogen) atoms. The second-order valence-corrected chi connectivity index (χ2v) is 5.56. The molecule has 0 aliphatic carbocycles. The van der Waals surface area contributed by atoms with Crippen LogP contribution in [0.15, 0.2) is 24.3 Å². The molecule has 1 heterocycles. The van der Waals surface area contributed by atoms with Crippen LogP contribution in [0.3, 0.4) is 0 Å². The molecule has 1 N–H and O–H groups in total. The van der Waals surface area contributed by atoms with Crippen molar-refractivity contribution in [1.82, 2.24) is 5.32 Å². The van der Waals surface area contributed by atoms with E-state index in [0.717, 1.165) is 39.0 Å². The van der Waals surface area contributed by atoms with Gasteiger partial charge in [0, 0.05) is 18.6 Å². The molecule has 1 aliphatic heterocycles. The maximum Gasteiger partial charge on any atom is 0.0512 e. The summed E-state index contributed by atoms with van der Waals surface area (Å²) in [4.78, 5) is 0. The molecule has 1 fully saturated rings. The normalized spacial score (nSPS) is 23.5. The third-order valence-electron chi connectivity index (χ3n) is 4.06. The first-order valence-electron chi connectivity index (χ1n) is 7.72. The zero-order chi connectivity index (χ0) is 13.5. The van der Waals surface area contributed by atoms with Crippen molar-refractivity contribution in [3.05, 3.63) is 35.4 Å². The molecule has 2 atom stereocenters. The first-order chi connectivity index (χ1) is 9.33. The highest BCUT2D eigenvalue weighted by atomic mass is 16.5. The van der Waals surface area contributed by atoms with E-state index < -0.39 is 0 Å². The first-order valence-corrected chi connectivity index (χ1v) is 7.72. The van der Waals surface area contributed by atoms with Crippen molar-refractivity contribution in [3.63, 3.8) is 0 Å². The molecule has 1 aromatic rings. The quantitative estimate of drug-likeness (QED) is 0.849. The fraction of sp³-hybridized carbons (Fsp3) is 0.647. The van der Waals surface area contributed by atoms with E-state index in [4.69, 9.17) is 4.74 Å². The molecule has 1 aliphatic rings. The monoisotopic (exact) mass is 261 g/mol. The van der Waals surface area contributed by atoms with Gasteiger partial charge in [-0.15, -0.1) is 0 Å². The Labute approximate surface area is 117 Å². The van der Waals surface area contributed by atoms with Gasteiger partial charge in [-0.05, 0) is 43.4 Å². The SMILES string of the molecule is CCCNC1CCOCC1Cc1ccc(CC)cc1. The maximum atomic E-state index is 5.67. The van der Waals surface area contributed by atoms with Gasteiger partial charge in [0.1, 0.15) is 0 Å². The van der Waals surface area contributed by atoms with Gasteiger partial charge in [0.2, 0.25) is 0 Å². The van der Waals surface area contributed by atoms with E-state index in [2.05, 4.69) is 43.4 Å². The molecular formula is C17H27NO. The van der Waals surface area contributed by atoms with E-state index in [1.807, 2.05) is 0 Å². The van der Waals surface area contributed by atoms with Crippen LogP contribution < -0.4 is 5.32 Å². The van der Waals surface area contributed by atoms with E-state index in [-0.39, 0.29) is 0 Å². The highest BCUT2D eigenvalue weighted by molar-refractivity contribution is 5.23. The predicted octanol–water partition coefficient (Wildman–Crippen LogP) is 3.20. The lowest BCUT2D eigenvalue weighted by Crippen LogP contribution is -2.43. The molecule has 0 spiro atoms. The fourth-order valence-corrected chi connectivity index (χ4v) is 2.81. The van der Waals surface area contributed by atoms with Crippen LogP contribution in [-0.4, -0.2) is 25.8 Å². The van der Waals surface area contributed by atoms with Gasteiger partial charge in [-0.1, -0.05) is 38.1 Å². The topological polar surface area (TPSA) is 21.3 Å². The number of nitrogens with one attached hydrogen (secondary N) is 1.